The molecule has 1 unspecified atom stereocenters. The summed E-state index contributed by atoms with van der Waals surface area (Å²) in [4.78, 5) is 24.5. The predicted molar refractivity (Wildman–Crippen MR) is 89.1 cm³/mol. The second kappa shape index (κ2) is 6.64. The van der Waals surface area contributed by atoms with E-state index in [4.69, 9.17) is 16.3 Å². The molecule has 0 saturated heterocycles. The number of rotatable bonds is 4. The first-order chi connectivity index (χ1) is 11.1. The van der Waals surface area contributed by atoms with Crippen molar-refractivity contribution in [2.24, 2.45) is 14.1 Å². The largest absolute Gasteiger partial charge is 0.449 e. The number of ether oxygens (including phenoxy) is 1. The lowest BCUT2D eigenvalue weighted by atomic mass is 10.2. The van der Waals surface area contributed by atoms with Gasteiger partial charge >= 0.3 is 5.97 Å². The van der Waals surface area contributed by atoms with Gasteiger partial charge in [0, 0.05) is 14.1 Å². The topological polar surface area (TPSA) is 91.0 Å². The second-order valence-electron chi connectivity index (χ2n) is 5.58. The van der Waals surface area contributed by atoms with Crippen LogP contribution in [0.2, 0.25) is 5.15 Å². The molecule has 0 aromatic carbocycles. The molecule has 0 fully saturated rings. The zero-order valence-corrected chi connectivity index (χ0v) is 15.2. The number of nitrogens with zero attached hydrogens (tertiary/aromatic N) is 4. The maximum Gasteiger partial charge on any atom is 0.343 e. The molecule has 0 spiro atoms. The van der Waals surface area contributed by atoms with Gasteiger partial charge in [-0.25, -0.2) is 4.79 Å². The fraction of sp³-hybridized carbons (Fsp3) is 0.467. The Balaban J connectivity index is 2.10. The number of halogens is 1. The van der Waals surface area contributed by atoms with Gasteiger partial charge in [-0.2, -0.15) is 10.2 Å². The Labute approximate surface area is 144 Å². The molecule has 2 aromatic rings. The Bertz CT molecular complexity index is 809. The minimum absolute atomic E-state index is 0.160. The molecule has 0 bridgehead atoms. The van der Waals surface area contributed by atoms with Crippen LogP contribution in [0, 0.1) is 20.8 Å². The highest BCUT2D eigenvalue weighted by Gasteiger charge is 2.26. The first-order valence-corrected chi connectivity index (χ1v) is 7.72. The summed E-state index contributed by atoms with van der Waals surface area (Å²) < 4.78 is 8.26. The Hall–Kier alpha value is -2.35. The van der Waals surface area contributed by atoms with E-state index < -0.39 is 18.0 Å². The number of amides is 1. The fourth-order valence-electron chi connectivity index (χ4n) is 2.31. The zero-order chi connectivity index (χ0) is 18.2. The van der Waals surface area contributed by atoms with Gasteiger partial charge in [-0.15, -0.1) is 0 Å². The van der Waals surface area contributed by atoms with Crippen molar-refractivity contribution in [3.05, 3.63) is 27.8 Å². The molecule has 24 heavy (non-hydrogen) atoms. The Morgan fingerprint density at radius 1 is 1.12 bits per heavy atom. The highest BCUT2D eigenvalue weighted by atomic mass is 35.5. The molecule has 0 aliphatic carbocycles. The molecule has 130 valence electrons. The van der Waals surface area contributed by atoms with Gasteiger partial charge in [0.2, 0.25) is 0 Å². The lowest BCUT2D eigenvalue weighted by molar-refractivity contribution is -0.123. The van der Waals surface area contributed by atoms with E-state index in [1.807, 2.05) is 6.92 Å². The Morgan fingerprint density at radius 2 is 1.71 bits per heavy atom. The smallest absolute Gasteiger partial charge is 0.343 e. The molecule has 1 atom stereocenters. The molecular weight excluding hydrogens is 334 g/mol. The van der Waals surface area contributed by atoms with E-state index in [9.17, 15) is 9.59 Å². The fourth-order valence-corrected chi connectivity index (χ4v) is 2.57. The highest BCUT2D eigenvalue weighted by molar-refractivity contribution is 6.32. The summed E-state index contributed by atoms with van der Waals surface area (Å²) in [6, 6.07) is 0. The SMILES string of the molecule is Cc1nn(C)c(C)c1NC(=O)C(C)OC(=O)c1c(C)nn(C)c1Cl. The normalized spacial score (nSPS) is 12.1. The Kier molecular flexibility index (Phi) is 4.98. The highest BCUT2D eigenvalue weighted by Crippen LogP contribution is 2.21. The quantitative estimate of drug-likeness (QED) is 0.848. The third-order valence-electron chi connectivity index (χ3n) is 3.77. The molecule has 0 saturated carbocycles. The van der Waals surface area contributed by atoms with Gasteiger partial charge in [0.15, 0.2) is 6.10 Å². The summed E-state index contributed by atoms with van der Waals surface area (Å²) in [6.07, 6.45) is -0.993. The number of esters is 1. The molecule has 0 aliphatic heterocycles. The van der Waals surface area contributed by atoms with E-state index in [-0.39, 0.29) is 10.7 Å². The zero-order valence-electron chi connectivity index (χ0n) is 14.5. The van der Waals surface area contributed by atoms with Crippen molar-refractivity contribution in [3.63, 3.8) is 0 Å². The summed E-state index contributed by atoms with van der Waals surface area (Å²) in [5, 5.41) is 11.2. The summed E-state index contributed by atoms with van der Waals surface area (Å²) in [5.41, 5.74) is 2.71. The van der Waals surface area contributed by atoms with E-state index >= 15 is 0 Å². The van der Waals surface area contributed by atoms with Gasteiger partial charge in [0.1, 0.15) is 10.7 Å². The number of hydrogen-bond acceptors (Lipinski definition) is 5. The summed E-state index contributed by atoms with van der Waals surface area (Å²) in [6.45, 7) is 6.77. The third-order valence-corrected chi connectivity index (χ3v) is 4.20. The number of aromatic nitrogens is 4. The minimum Gasteiger partial charge on any atom is -0.449 e. The first kappa shape index (κ1) is 18.0. The Morgan fingerprint density at radius 3 is 2.17 bits per heavy atom. The lowest BCUT2D eigenvalue weighted by Gasteiger charge is -2.13. The van der Waals surface area contributed by atoms with E-state index in [1.165, 1.54) is 11.6 Å². The number of nitrogens with one attached hydrogen (secondary N) is 1. The van der Waals surface area contributed by atoms with E-state index in [0.29, 0.717) is 17.1 Å². The van der Waals surface area contributed by atoms with Crippen molar-refractivity contribution in [1.29, 1.82) is 0 Å². The number of carbonyl (C=O) groups excluding carboxylic acids is 2. The molecule has 9 heteroatoms. The van der Waals surface area contributed by atoms with Crippen LogP contribution in [0.15, 0.2) is 0 Å². The summed E-state index contributed by atoms with van der Waals surface area (Å²) in [5.74, 6) is -1.13. The van der Waals surface area contributed by atoms with Gasteiger partial charge < -0.3 is 10.1 Å². The minimum atomic E-state index is -0.993. The van der Waals surface area contributed by atoms with Gasteiger partial charge in [-0.05, 0) is 27.7 Å². The molecule has 2 rings (SSSR count). The van der Waals surface area contributed by atoms with Gasteiger partial charge in [0.25, 0.3) is 5.91 Å². The molecule has 2 heterocycles. The summed E-state index contributed by atoms with van der Waals surface area (Å²) >= 11 is 6.03. The standard InChI is InChI=1S/C15H20ClN5O3/c1-7-11(13(16)21(6)18-7)15(23)24-10(4)14(22)17-12-8(2)19-20(5)9(12)3/h10H,1-6H3,(H,17,22). The number of hydrogen-bond donors (Lipinski definition) is 1. The number of aryl methyl sites for hydroxylation is 4. The predicted octanol–water partition coefficient (Wildman–Crippen LogP) is 1.92. The van der Waals surface area contributed by atoms with Crippen molar-refractivity contribution < 1.29 is 14.3 Å². The van der Waals surface area contributed by atoms with Crippen LogP contribution < -0.4 is 5.32 Å². The maximum absolute atomic E-state index is 12.3. The average Bonchev–Trinajstić information content (AvgIpc) is 2.88. The van der Waals surface area contributed by atoms with Crippen molar-refractivity contribution in [2.75, 3.05) is 5.32 Å². The number of anilines is 1. The molecule has 0 radical (unpaired) electrons. The first-order valence-electron chi connectivity index (χ1n) is 7.34. The van der Waals surface area contributed by atoms with Crippen LogP contribution in [0.5, 0.6) is 0 Å². The number of carbonyl (C=O) groups is 2. The van der Waals surface area contributed by atoms with Crippen LogP contribution in [-0.4, -0.2) is 37.5 Å². The average molecular weight is 354 g/mol. The van der Waals surface area contributed by atoms with Crippen molar-refractivity contribution in [3.8, 4) is 0 Å². The molecular formula is C15H20ClN5O3. The summed E-state index contributed by atoms with van der Waals surface area (Å²) in [7, 11) is 3.41. The van der Waals surface area contributed by atoms with Crippen LogP contribution in [0.1, 0.15) is 34.4 Å². The van der Waals surface area contributed by atoms with Crippen molar-refractivity contribution in [2.45, 2.75) is 33.8 Å². The van der Waals surface area contributed by atoms with E-state index in [2.05, 4.69) is 15.5 Å². The van der Waals surface area contributed by atoms with Gasteiger partial charge in [-0.3, -0.25) is 14.2 Å². The van der Waals surface area contributed by atoms with Crippen molar-refractivity contribution >= 4 is 29.2 Å². The van der Waals surface area contributed by atoms with E-state index in [0.717, 1.165) is 5.69 Å². The molecule has 0 aliphatic rings. The van der Waals surface area contributed by atoms with Crippen LogP contribution in [0.3, 0.4) is 0 Å². The molecule has 2 aromatic heterocycles. The second-order valence-corrected chi connectivity index (χ2v) is 5.94. The van der Waals surface area contributed by atoms with Gasteiger partial charge in [0.05, 0.1) is 22.8 Å². The van der Waals surface area contributed by atoms with Crippen LogP contribution in [0.4, 0.5) is 5.69 Å². The molecule has 8 nitrogen and oxygen atoms in total. The third kappa shape index (κ3) is 3.28. The van der Waals surface area contributed by atoms with Gasteiger partial charge in [-0.1, -0.05) is 11.6 Å². The maximum atomic E-state index is 12.3. The molecule has 1 amide bonds. The monoisotopic (exact) mass is 353 g/mol. The van der Waals surface area contributed by atoms with Crippen LogP contribution in [-0.2, 0) is 23.6 Å². The molecule has 1 N–H and O–H groups in total. The van der Waals surface area contributed by atoms with Crippen molar-refractivity contribution in [1.82, 2.24) is 19.6 Å². The van der Waals surface area contributed by atoms with Crippen LogP contribution >= 0.6 is 11.6 Å². The lowest BCUT2D eigenvalue weighted by Crippen LogP contribution is -2.30. The van der Waals surface area contributed by atoms with Crippen LogP contribution in [0.25, 0.3) is 0 Å². The van der Waals surface area contributed by atoms with E-state index in [1.54, 1.807) is 32.6 Å².